The van der Waals surface area contributed by atoms with Gasteiger partial charge >= 0.3 is 0 Å². The minimum atomic E-state index is -0.687. The van der Waals surface area contributed by atoms with E-state index < -0.39 is 6.10 Å². The Kier molecular flexibility index (Phi) is 7.53. The number of nitrogens with zero attached hydrogens (tertiary/aromatic N) is 3. The molecule has 0 aliphatic rings. The minimum Gasteiger partial charge on any atom is -0.491 e. The maximum absolute atomic E-state index is 12.6. The zero-order valence-electron chi connectivity index (χ0n) is 24.1. The normalized spacial score (nSPS) is 12.5. The number of ether oxygens (including phenoxy) is 1. The van der Waals surface area contributed by atoms with E-state index in [-0.39, 0.29) is 12.5 Å². The molecule has 1 amide bonds. The molecule has 0 bridgehead atoms. The van der Waals surface area contributed by atoms with Crippen molar-refractivity contribution >= 4 is 55.7 Å². The fourth-order valence-electron chi connectivity index (χ4n) is 6.00. The predicted octanol–water partition coefficient (Wildman–Crippen LogP) is 6.88. The Morgan fingerprint density at radius 3 is 1.70 bits per heavy atom. The molecule has 0 saturated carbocycles. The first kappa shape index (κ1) is 27.4. The molecule has 2 heterocycles. The number of nitrogens with one attached hydrogen (secondary N) is 1. The molecule has 0 spiro atoms. The van der Waals surface area contributed by atoms with Crippen molar-refractivity contribution in [1.82, 2.24) is 14.6 Å². The molecule has 0 saturated heterocycles. The Bertz CT molecular complexity index is 2020. The van der Waals surface area contributed by atoms with Gasteiger partial charge in [0, 0.05) is 56.6 Å². The van der Waals surface area contributed by atoms with Crippen molar-refractivity contribution in [3.05, 3.63) is 127 Å². The van der Waals surface area contributed by atoms with Gasteiger partial charge in [-0.2, -0.15) is 5.10 Å². The van der Waals surface area contributed by atoms with Gasteiger partial charge in [-0.25, -0.2) is 5.43 Å². The number of aliphatic hydroxyl groups excluding tert-OH is 1. The number of hydrazone groups is 1. The molecule has 0 radical (unpaired) electrons. The molecule has 5 aromatic carbocycles. The van der Waals surface area contributed by atoms with Crippen LogP contribution in [0.5, 0.6) is 5.75 Å². The van der Waals surface area contributed by atoms with Crippen LogP contribution in [0.3, 0.4) is 0 Å². The zero-order valence-corrected chi connectivity index (χ0v) is 24.1. The number of aliphatic hydroxyl groups is 1. The lowest BCUT2D eigenvalue weighted by Crippen LogP contribution is -2.23. The van der Waals surface area contributed by atoms with E-state index in [4.69, 9.17) is 4.74 Å². The SMILES string of the molecule is O=C(CCn1c2ccccc2c2ccccc21)NN=Cc1ccc(OCC(O)Cn2c3ccccc3c3ccccc32)cc1. The van der Waals surface area contributed by atoms with Gasteiger partial charge in [-0.3, -0.25) is 4.79 Å². The number of amides is 1. The van der Waals surface area contributed by atoms with Crippen LogP contribution in [0.1, 0.15) is 12.0 Å². The van der Waals surface area contributed by atoms with E-state index in [0.29, 0.717) is 25.3 Å². The lowest BCUT2D eigenvalue weighted by molar-refractivity contribution is -0.121. The lowest BCUT2D eigenvalue weighted by Gasteiger charge is -2.15. The number of para-hydroxylation sites is 4. The van der Waals surface area contributed by atoms with Gasteiger partial charge in [0.2, 0.25) is 5.91 Å². The van der Waals surface area contributed by atoms with E-state index in [1.54, 1.807) is 6.21 Å². The quantitative estimate of drug-likeness (QED) is 0.137. The standard InChI is InChI=1S/C37H32N4O3/c42-27(24-41-35-15-7-3-11-31(35)32-12-4-8-16-36(32)41)25-44-28-19-17-26(18-20-28)23-38-39-37(43)21-22-40-33-13-5-1-9-29(33)30-10-2-6-14-34(30)40/h1-20,23,27,42H,21-22,24-25H2,(H,39,43). The van der Waals surface area contributed by atoms with Gasteiger partial charge in [0.15, 0.2) is 0 Å². The van der Waals surface area contributed by atoms with E-state index in [1.807, 2.05) is 72.8 Å². The van der Waals surface area contributed by atoms with Crippen molar-refractivity contribution in [1.29, 1.82) is 0 Å². The van der Waals surface area contributed by atoms with Crippen LogP contribution in [-0.2, 0) is 17.9 Å². The van der Waals surface area contributed by atoms with Gasteiger partial charge < -0.3 is 19.0 Å². The van der Waals surface area contributed by atoms with Gasteiger partial charge in [0.1, 0.15) is 18.5 Å². The molecule has 1 unspecified atom stereocenters. The summed E-state index contributed by atoms with van der Waals surface area (Å²) >= 11 is 0. The number of hydrogen-bond donors (Lipinski definition) is 2. The fourth-order valence-corrected chi connectivity index (χ4v) is 6.00. The molecule has 1 atom stereocenters. The van der Waals surface area contributed by atoms with E-state index in [1.165, 1.54) is 21.5 Å². The van der Waals surface area contributed by atoms with Crippen LogP contribution in [0.4, 0.5) is 0 Å². The summed E-state index contributed by atoms with van der Waals surface area (Å²) in [4.78, 5) is 12.6. The number of fused-ring (bicyclic) bond motifs is 6. The van der Waals surface area contributed by atoms with Crippen molar-refractivity contribution in [3.8, 4) is 5.75 Å². The second kappa shape index (κ2) is 12.1. The Labute approximate surface area is 254 Å². The number of aryl methyl sites for hydroxylation is 1. The largest absolute Gasteiger partial charge is 0.491 e. The molecule has 0 fully saturated rings. The molecule has 44 heavy (non-hydrogen) atoms. The Balaban J connectivity index is 0.921. The third-order valence-corrected chi connectivity index (χ3v) is 8.04. The highest BCUT2D eigenvalue weighted by molar-refractivity contribution is 6.08. The molecule has 0 aliphatic carbocycles. The van der Waals surface area contributed by atoms with Crippen LogP contribution in [0.25, 0.3) is 43.6 Å². The highest BCUT2D eigenvalue weighted by Crippen LogP contribution is 2.30. The maximum atomic E-state index is 12.6. The third kappa shape index (κ3) is 5.41. The molecular formula is C37H32N4O3. The van der Waals surface area contributed by atoms with Gasteiger partial charge in [-0.05, 0) is 54.1 Å². The summed E-state index contributed by atoms with van der Waals surface area (Å²) in [6, 6.07) is 40.4. The first-order valence-electron chi connectivity index (χ1n) is 14.8. The number of rotatable bonds is 10. The molecule has 7 aromatic rings. The summed E-state index contributed by atoms with van der Waals surface area (Å²) in [5.41, 5.74) is 7.89. The van der Waals surface area contributed by atoms with Gasteiger partial charge in [-0.1, -0.05) is 72.8 Å². The zero-order chi connectivity index (χ0) is 29.9. The second-order valence-corrected chi connectivity index (χ2v) is 10.9. The lowest BCUT2D eigenvalue weighted by atomic mass is 10.2. The van der Waals surface area contributed by atoms with Crippen LogP contribution >= 0.6 is 0 Å². The molecule has 7 nitrogen and oxygen atoms in total. The summed E-state index contributed by atoms with van der Waals surface area (Å²) in [6.07, 6.45) is 1.23. The molecule has 2 N–H and O–H groups in total. The minimum absolute atomic E-state index is 0.152. The van der Waals surface area contributed by atoms with Crippen molar-refractivity contribution in [2.45, 2.75) is 25.6 Å². The van der Waals surface area contributed by atoms with Gasteiger partial charge in [0.25, 0.3) is 0 Å². The molecule has 7 rings (SSSR count). The number of hydrogen-bond acceptors (Lipinski definition) is 4. The summed E-state index contributed by atoms with van der Waals surface area (Å²) in [6.45, 7) is 1.15. The topological polar surface area (TPSA) is 80.8 Å². The van der Waals surface area contributed by atoms with Crippen LogP contribution in [0.2, 0.25) is 0 Å². The fraction of sp³-hybridized carbons (Fsp3) is 0.135. The Morgan fingerprint density at radius 1 is 0.705 bits per heavy atom. The van der Waals surface area contributed by atoms with E-state index in [2.05, 4.69) is 68.2 Å². The number of benzene rings is 5. The highest BCUT2D eigenvalue weighted by atomic mass is 16.5. The van der Waals surface area contributed by atoms with E-state index >= 15 is 0 Å². The summed E-state index contributed by atoms with van der Waals surface area (Å²) < 4.78 is 10.2. The average Bonchev–Trinajstić information content (AvgIpc) is 3.56. The van der Waals surface area contributed by atoms with E-state index in [9.17, 15) is 9.90 Å². The molecule has 0 aliphatic heterocycles. The average molecular weight is 581 g/mol. The Hall–Kier alpha value is -5.40. The van der Waals surface area contributed by atoms with Crippen molar-refractivity contribution in [2.24, 2.45) is 5.10 Å². The number of carbonyl (C=O) groups is 1. The molecule has 2 aromatic heterocycles. The van der Waals surface area contributed by atoms with E-state index in [0.717, 1.165) is 27.6 Å². The van der Waals surface area contributed by atoms with Gasteiger partial charge in [-0.15, -0.1) is 0 Å². The Morgan fingerprint density at radius 2 is 1.18 bits per heavy atom. The van der Waals surface area contributed by atoms with Crippen molar-refractivity contribution < 1.29 is 14.6 Å². The number of carbonyl (C=O) groups excluding carboxylic acids is 1. The summed E-state index contributed by atoms with van der Waals surface area (Å²) in [5.74, 6) is 0.499. The van der Waals surface area contributed by atoms with Crippen molar-refractivity contribution in [2.75, 3.05) is 6.61 Å². The second-order valence-electron chi connectivity index (χ2n) is 10.9. The van der Waals surface area contributed by atoms with Crippen LogP contribution < -0.4 is 10.2 Å². The highest BCUT2D eigenvalue weighted by Gasteiger charge is 2.14. The molecule has 7 heteroatoms. The van der Waals surface area contributed by atoms with Crippen molar-refractivity contribution in [3.63, 3.8) is 0 Å². The first-order chi connectivity index (χ1) is 21.7. The molecule has 218 valence electrons. The first-order valence-corrected chi connectivity index (χ1v) is 14.8. The monoisotopic (exact) mass is 580 g/mol. The van der Waals surface area contributed by atoms with Gasteiger partial charge in [0.05, 0.1) is 12.8 Å². The van der Waals surface area contributed by atoms with Crippen LogP contribution in [0.15, 0.2) is 126 Å². The predicted molar refractivity (Wildman–Crippen MR) is 177 cm³/mol. The summed E-state index contributed by atoms with van der Waals surface area (Å²) in [5, 5.41) is 19.7. The number of aromatic nitrogens is 2. The maximum Gasteiger partial charge on any atom is 0.241 e. The summed E-state index contributed by atoms with van der Waals surface area (Å²) in [7, 11) is 0. The third-order valence-electron chi connectivity index (χ3n) is 8.04. The molecular weight excluding hydrogens is 548 g/mol. The smallest absolute Gasteiger partial charge is 0.241 e. The van der Waals surface area contributed by atoms with Crippen LogP contribution in [0, 0.1) is 0 Å². The van der Waals surface area contributed by atoms with Crippen LogP contribution in [-0.4, -0.2) is 39.1 Å².